The first-order chi connectivity index (χ1) is 5.77. The SMILES string of the molecule is CC(C)(C)CC(C)(C)[NH2+]CCC#N. The zero-order valence-corrected chi connectivity index (χ0v) is 9.65. The van der Waals surface area contributed by atoms with Gasteiger partial charge in [-0.25, -0.2) is 0 Å². The molecule has 0 atom stereocenters. The maximum Gasteiger partial charge on any atom is 0.0909 e. The lowest BCUT2D eigenvalue weighted by Gasteiger charge is -2.30. The Kier molecular flexibility index (Phi) is 4.43. The van der Waals surface area contributed by atoms with Crippen molar-refractivity contribution >= 4 is 0 Å². The predicted molar refractivity (Wildman–Crippen MR) is 55.2 cm³/mol. The summed E-state index contributed by atoms with van der Waals surface area (Å²) in [6.45, 7) is 12.2. The maximum absolute atomic E-state index is 8.43. The third kappa shape index (κ3) is 7.80. The highest BCUT2D eigenvalue weighted by molar-refractivity contribution is 4.75. The van der Waals surface area contributed by atoms with Crippen LogP contribution < -0.4 is 5.32 Å². The van der Waals surface area contributed by atoms with E-state index in [1.165, 1.54) is 6.42 Å². The highest BCUT2D eigenvalue weighted by Gasteiger charge is 2.27. The second-order valence-corrected chi connectivity index (χ2v) is 5.63. The topological polar surface area (TPSA) is 40.4 Å². The van der Waals surface area contributed by atoms with Crippen LogP contribution in [0.25, 0.3) is 0 Å². The van der Waals surface area contributed by atoms with Gasteiger partial charge in [0.1, 0.15) is 0 Å². The molecule has 2 nitrogen and oxygen atoms in total. The van der Waals surface area contributed by atoms with Crippen molar-refractivity contribution in [3.63, 3.8) is 0 Å². The molecule has 0 heterocycles. The number of hydrogen-bond acceptors (Lipinski definition) is 1. The van der Waals surface area contributed by atoms with Gasteiger partial charge in [0.25, 0.3) is 0 Å². The summed E-state index contributed by atoms with van der Waals surface area (Å²) in [5.74, 6) is 0. The van der Waals surface area contributed by atoms with Crippen molar-refractivity contribution in [2.45, 2.75) is 53.0 Å². The van der Waals surface area contributed by atoms with E-state index in [0.29, 0.717) is 11.8 Å². The lowest BCUT2D eigenvalue weighted by molar-refractivity contribution is -0.722. The maximum atomic E-state index is 8.43. The van der Waals surface area contributed by atoms with E-state index in [1.807, 2.05) is 0 Å². The van der Waals surface area contributed by atoms with Gasteiger partial charge in [-0.15, -0.1) is 0 Å². The van der Waals surface area contributed by atoms with Gasteiger partial charge in [0, 0.05) is 6.42 Å². The summed E-state index contributed by atoms with van der Waals surface area (Å²) < 4.78 is 0. The smallest absolute Gasteiger partial charge is 0.0909 e. The molecule has 0 aliphatic rings. The van der Waals surface area contributed by atoms with Crippen LogP contribution in [0.4, 0.5) is 0 Å². The molecule has 2 N–H and O–H groups in total. The number of nitrogens with two attached hydrogens (primary N) is 1. The van der Waals surface area contributed by atoms with Crippen LogP contribution in [-0.4, -0.2) is 12.1 Å². The number of nitriles is 1. The number of hydrogen-bond donors (Lipinski definition) is 1. The zero-order valence-electron chi connectivity index (χ0n) is 9.65. The summed E-state index contributed by atoms with van der Waals surface area (Å²) in [6, 6.07) is 2.17. The molecule has 0 aliphatic heterocycles. The Balaban J connectivity index is 3.88. The van der Waals surface area contributed by atoms with E-state index in [2.05, 4.69) is 46.0 Å². The average molecular weight is 183 g/mol. The summed E-state index contributed by atoms with van der Waals surface area (Å²) in [5, 5.41) is 10.7. The lowest BCUT2D eigenvalue weighted by Crippen LogP contribution is -2.95. The summed E-state index contributed by atoms with van der Waals surface area (Å²) in [4.78, 5) is 0. The molecule has 0 amide bonds. The molecule has 0 aromatic carbocycles. The highest BCUT2D eigenvalue weighted by Crippen LogP contribution is 2.24. The second-order valence-electron chi connectivity index (χ2n) is 5.63. The van der Waals surface area contributed by atoms with E-state index in [9.17, 15) is 0 Å². The molecule has 13 heavy (non-hydrogen) atoms. The van der Waals surface area contributed by atoms with Gasteiger partial charge >= 0.3 is 0 Å². The molecular weight excluding hydrogens is 160 g/mol. The largest absolute Gasteiger partial charge is 0.341 e. The minimum Gasteiger partial charge on any atom is -0.341 e. The lowest BCUT2D eigenvalue weighted by atomic mass is 9.82. The van der Waals surface area contributed by atoms with E-state index >= 15 is 0 Å². The normalized spacial score (nSPS) is 12.6. The molecule has 0 radical (unpaired) electrons. The summed E-state index contributed by atoms with van der Waals surface area (Å²) in [5.41, 5.74) is 0.627. The fourth-order valence-electron chi connectivity index (χ4n) is 1.97. The first kappa shape index (κ1) is 12.4. The molecule has 0 fully saturated rings. The third-order valence-electron chi connectivity index (χ3n) is 1.94. The summed E-state index contributed by atoms with van der Waals surface area (Å²) >= 11 is 0. The van der Waals surface area contributed by atoms with Crippen molar-refractivity contribution in [1.29, 1.82) is 5.26 Å². The van der Waals surface area contributed by atoms with E-state index < -0.39 is 0 Å². The van der Waals surface area contributed by atoms with Crippen molar-refractivity contribution < 1.29 is 5.32 Å². The third-order valence-corrected chi connectivity index (χ3v) is 1.94. The Labute approximate surface area is 82.3 Å². The van der Waals surface area contributed by atoms with Crippen molar-refractivity contribution in [1.82, 2.24) is 0 Å². The Morgan fingerprint density at radius 2 is 1.69 bits per heavy atom. The van der Waals surface area contributed by atoms with Crippen LogP contribution in [0.1, 0.15) is 47.5 Å². The van der Waals surface area contributed by atoms with Crippen molar-refractivity contribution in [3.05, 3.63) is 0 Å². The Hall–Kier alpha value is -0.550. The molecular formula is C11H23N2+. The standard InChI is InChI=1S/C11H22N2/c1-10(2,3)9-11(4,5)13-8-6-7-12/h13H,6,8-9H2,1-5H3/p+1. The predicted octanol–water partition coefficient (Wildman–Crippen LogP) is 1.68. The van der Waals surface area contributed by atoms with Crippen molar-refractivity contribution in [3.8, 4) is 6.07 Å². The monoisotopic (exact) mass is 183 g/mol. The van der Waals surface area contributed by atoms with Crippen molar-refractivity contribution in [2.24, 2.45) is 5.41 Å². The summed E-state index contributed by atoms with van der Waals surface area (Å²) in [7, 11) is 0. The Morgan fingerprint density at radius 3 is 2.08 bits per heavy atom. The van der Waals surface area contributed by atoms with Gasteiger partial charge in [0.05, 0.1) is 24.6 Å². The minimum absolute atomic E-state index is 0.259. The number of quaternary nitrogens is 1. The van der Waals surface area contributed by atoms with Crippen LogP contribution in [0.15, 0.2) is 0 Å². The van der Waals surface area contributed by atoms with Gasteiger partial charge in [-0.05, 0) is 19.3 Å². The quantitative estimate of drug-likeness (QED) is 0.662. The van der Waals surface area contributed by atoms with E-state index in [-0.39, 0.29) is 5.54 Å². The second kappa shape index (κ2) is 4.62. The molecule has 0 bridgehead atoms. The highest BCUT2D eigenvalue weighted by atomic mass is 14.9. The van der Waals surface area contributed by atoms with Gasteiger partial charge in [-0.1, -0.05) is 20.8 Å². The first-order valence-corrected chi connectivity index (χ1v) is 4.98. The molecule has 2 heteroatoms. The first-order valence-electron chi connectivity index (χ1n) is 4.98. The molecule has 0 aromatic rings. The zero-order chi connectivity index (χ0) is 10.5. The average Bonchev–Trinajstić information content (AvgIpc) is 1.81. The fourth-order valence-corrected chi connectivity index (χ4v) is 1.97. The van der Waals surface area contributed by atoms with Gasteiger partial charge < -0.3 is 5.32 Å². The van der Waals surface area contributed by atoms with Crippen LogP contribution in [0, 0.1) is 16.7 Å². The van der Waals surface area contributed by atoms with Gasteiger partial charge in [-0.2, -0.15) is 5.26 Å². The minimum atomic E-state index is 0.259. The Morgan fingerprint density at radius 1 is 1.15 bits per heavy atom. The summed E-state index contributed by atoms with van der Waals surface area (Å²) in [6.07, 6.45) is 1.82. The van der Waals surface area contributed by atoms with Crippen LogP contribution in [0.2, 0.25) is 0 Å². The van der Waals surface area contributed by atoms with E-state index in [4.69, 9.17) is 5.26 Å². The van der Waals surface area contributed by atoms with Crippen molar-refractivity contribution in [2.75, 3.05) is 6.54 Å². The van der Waals surface area contributed by atoms with E-state index in [0.717, 1.165) is 6.54 Å². The fraction of sp³-hybridized carbons (Fsp3) is 0.909. The van der Waals surface area contributed by atoms with Gasteiger partial charge in [0.2, 0.25) is 0 Å². The van der Waals surface area contributed by atoms with Crippen LogP contribution in [0.5, 0.6) is 0 Å². The molecule has 0 aromatic heterocycles. The van der Waals surface area contributed by atoms with Crippen LogP contribution in [-0.2, 0) is 0 Å². The molecule has 0 saturated heterocycles. The Bertz CT molecular complexity index is 181. The van der Waals surface area contributed by atoms with Crippen LogP contribution >= 0.6 is 0 Å². The molecule has 0 rings (SSSR count). The molecule has 76 valence electrons. The number of nitrogens with zero attached hydrogens (tertiary/aromatic N) is 1. The molecule has 0 saturated carbocycles. The van der Waals surface area contributed by atoms with E-state index in [1.54, 1.807) is 0 Å². The molecule has 0 spiro atoms. The van der Waals surface area contributed by atoms with Gasteiger partial charge in [0.15, 0.2) is 0 Å². The molecule has 0 unspecified atom stereocenters. The molecule has 0 aliphatic carbocycles. The van der Waals surface area contributed by atoms with Crippen LogP contribution in [0.3, 0.4) is 0 Å². The number of rotatable bonds is 4. The van der Waals surface area contributed by atoms with Gasteiger partial charge in [-0.3, -0.25) is 0 Å².